The Kier molecular flexibility index (Phi) is 6.02. The third kappa shape index (κ3) is 7.37. The maximum Gasteiger partial charge on any atom is 0.306 e. The van der Waals surface area contributed by atoms with E-state index >= 15 is 0 Å². The average molecular weight is 185 g/mol. The first-order chi connectivity index (χ1) is 6.04. The summed E-state index contributed by atoms with van der Waals surface area (Å²) in [5.41, 5.74) is 0.964. The van der Waals surface area contributed by atoms with E-state index in [2.05, 4.69) is 11.9 Å². The SMILES string of the molecule is C=C(C)NCCCCC(C)C(=O)O. The van der Waals surface area contributed by atoms with Crippen LogP contribution in [0, 0.1) is 5.92 Å². The van der Waals surface area contributed by atoms with Crippen LogP contribution in [0.3, 0.4) is 0 Å². The number of nitrogens with one attached hydrogen (secondary N) is 1. The summed E-state index contributed by atoms with van der Waals surface area (Å²) in [6.07, 6.45) is 2.71. The second kappa shape index (κ2) is 6.52. The first kappa shape index (κ1) is 12.0. The lowest BCUT2D eigenvalue weighted by atomic mass is 10.0. The van der Waals surface area contributed by atoms with Gasteiger partial charge in [0.05, 0.1) is 5.92 Å². The van der Waals surface area contributed by atoms with Crippen molar-refractivity contribution in [1.82, 2.24) is 5.32 Å². The van der Waals surface area contributed by atoms with Crippen molar-refractivity contribution in [3.63, 3.8) is 0 Å². The predicted octanol–water partition coefficient (Wildman–Crippen LogP) is 2.00. The molecule has 0 aromatic rings. The molecule has 0 saturated heterocycles. The largest absolute Gasteiger partial charge is 0.481 e. The van der Waals surface area contributed by atoms with E-state index in [9.17, 15) is 4.79 Å². The molecule has 0 aromatic carbocycles. The van der Waals surface area contributed by atoms with Crippen LogP contribution in [0.25, 0.3) is 0 Å². The van der Waals surface area contributed by atoms with E-state index in [1.54, 1.807) is 6.92 Å². The zero-order chi connectivity index (χ0) is 10.3. The molecular formula is C10H19NO2. The molecule has 76 valence electrons. The van der Waals surface area contributed by atoms with Crippen molar-refractivity contribution < 1.29 is 9.90 Å². The highest BCUT2D eigenvalue weighted by Crippen LogP contribution is 2.07. The van der Waals surface area contributed by atoms with Gasteiger partial charge in [0.15, 0.2) is 0 Å². The molecule has 0 saturated carbocycles. The molecule has 0 amide bonds. The summed E-state index contributed by atoms with van der Waals surface area (Å²) in [5, 5.41) is 11.7. The molecule has 0 radical (unpaired) electrons. The molecule has 0 bridgehead atoms. The lowest BCUT2D eigenvalue weighted by Crippen LogP contribution is -2.13. The third-order valence-corrected chi connectivity index (χ3v) is 1.91. The number of hydrogen-bond donors (Lipinski definition) is 2. The highest BCUT2D eigenvalue weighted by molar-refractivity contribution is 5.69. The number of allylic oxidation sites excluding steroid dienone is 1. The number of carboxylic acid groups (broad SMARTS) is 1. The minimum absolute atomic E-state index is 0.218. The van der Waals surface area contributed by atoms with Gasteiger partial charge in [0.25, 0.3) is 0 Å². The summed E-state index contributed by atoms with van der Waals surface area (Å²) >= 11 is 0. The molecule has 0 heterocycles. The van der Waals surface area contributed by atoms with Crippen LogP contribution < -0.4 is 5.32 Å². The van der Waals surface area contributed by atoms with Crippen molar-refractivity contribution in [2.75, 3.05) is 6.54 Å². The normalized spacial score (nSPS) is 12.2. The monoisotopic (exact) mass is 185 g/mol. The fourth-order valence-corrected chi connectivity index (χ4v) is 1.00. The zero-order valence-electron chi connectivity index (χ0n) is 8.47. The minimum atomic E-state index is -0.701. The Bertz CT molecular complexity index is 178. The number of rotatable bonds is 7. The molecule has 0 aliphatic rings. The van der Waals surface area contributed by atoms with Gasteiger partial charge in [-0.05, 0) is 19.8 Å². The Morgan fingerprint density at radius 3 is 2.62 bits per heavy atom. The standard InChI is InChI=1S/C10H19NO2/c1-8(2)11-7-5-4-6-9(3)10(12)13/h9,11H,1,4-7H2,2-3H3,(H,12,13). The lowest BCUT2D eigenvalue weighted by molar-refractivity contribution is -0.141. The number of carboxylic acids is 1. The maximum atomic E-state index is 10.4. The van der Waals surface area contributed by atoms with Crippen LogP contribution >= 0.6 is 0 Å². The Hall–Kier alpha value is -0.990. The van der Waals surface area contributed by atoms with Gasteiger partial charge in [-0.3, -0.25) is 4.79 Å². The molecule has 3 nitrogen and oxygen atoms in total. The molecule has 2 N–H and O–H groups in total. The first-order valence-electron chi connectivity index (χ1n) is 4.66. The summed E-state index contributed by atoms with van der Waals surface area (Å²) in [6, 6.07) is 0. The number of aliphatic carboxylic acids is 1. The van der Waals surface area contributed by atoms with E-state index in [0.29, 0.717) is 0 Å². The van der Waals surface area contributed by atoms with Crippen molar-refractivity contribution in [3.05, 3.63) is 12.3 Å². The van der Waals surface area contributed by atoms with Crippen molar-refractivity contribution >= 4 is 5.97 Å². The smallest absolute Gasteiger partial charge is 0.306 e. The number of carbonyl (C=O) groups is 1. The highest BCUT2D eigenvalue weighted by atomic mass is 16.4. The summed E-state index contributed by atoms with van der Waals surface area (Å²) in [7, 11) is 0. The fraction of sp³-hybridized carbons (Fsp3) is 0.700. The second-order valence-corrected chi connectivity index (χ2v) is 3.44. The van der Waals surface area contributed by atoms with Gasteiger partial charge in [-0.2, -0.15) is 0 Å². The van der Waals surface area contributed by atoms with Gasteiger partial charge in [0.2, 0.25) is 0 Å². The van der Waals surface area contributed by atoms with Gasteiger partial charge in [-0.25, -0.2) is 0 Å². The van der Waals surface area contributed by atoms with Gasteiger partial charge < -0.3 is 10.4 Å². The molecule has 0 spiro atoms. The molecule has 0 rings (SSSR count). The molecule has 1 unspecified atom stereocenters. The van der Waals surface area contributed by atoms with Crippen molar-refractivity contribution in [1.29, 1.82) is 0 Å². The topological polar surface area (TPSA) is 49.3 Å². The van der Waals surface area contributed by atoms with Crippen LogP contribution in [0.4, 0.5) is 0 Å². The van der Waals surface area contributed by atoms with E-state index in [4.69, 9.17) is 5.11 Å². The number of hydrogen-bond acceptors (Lipinski definition) is 2. The summed E-state index contributed by atoms with van der Waals surface area (Å²) in [4.78, 5) is 10.4. The van der Waals surface area contributed by atoms with Crippen LogP contribution in [0.2, 0.25) is 0 Å². The molecule has 1 atom stereocenters. The van der Waals surface area contributed by atoms with E-state index in [1.807, 2.05) is 6.92 Å². The van der Waals surface area contributed by atoms with Crippen LogP contribution in [0.1, 0.15) is 33.1 Å². The molecule has 0 fully saturated rings. The van der Waals surface area contributed by atoms with Crippen LogP contribution in [0.15, 0.2) is 12.3 Å². The van der Waals surface area contributed by atoms with Gasteiger partial charge >= 0.3 is 5.97 Å². The number of unbranched alkanes of at least 4 members (excludes halogenated alkanes) is 1. The molecule has 0 aromatic heterocycles. The third-order valence-electron chi connectivity index (χ3n) is 1.91. The summed E-state index contributed by atoms with van der Waals surface area (Å²) in [6.45, 7) is 8.26. The van der Waals surface area contributed by atoms with E-state index in [-0.39, 0.29) is 5.92 Å². The van der Waals surface area contributed by atoms with Gasteiger partial charge in [-0.1, -0.05) is 19.9 Å². The van der Waals surface area contributed by atoms with E-state index in [1.165, 1.54) is 0 Å². The Morgan fingerprint density at radius 1 is 1.54 bits per heavy atom. The van der Waals surface area contributed by atoms with Crippen LogP contribution in [-0.4, -0.2) is 17.6 Å². The van der Waals surface area contributed by atoms with Crippen molar-refractivity contribution in [2.24, 2.45) is 5.92 Å². The quantitative estimate of drug-likeness (QED) is 0.596. The van der Waals surface area contributed by atoms with Crippen molar-refractivity contribution in [3.8, 4) is 0 Å². The Balaban J connectivity index is 3.26. The first-order valence-corrected chi connectivity index (χ1v) is 4.66. The van der Waals surface area contributed by atoms with Crippen LogP contribution in [-0.2, 0) is 4.79 Å². The molecular weight excluding hydrogens is 166 g/mol. The van der Waals surface area contributed by atoms with Gasteiger partial charge in [0, 0.05) is 12.2 Å². The Labute approximate surface area is 79.8 Å². The molecule has 0 aliphatic heterocycles. The Morgan fingerprint density at radius 2 is 2.15 bits per heavy atom. The van der Waals surface area contributed by atoms with Crippen LogP contribution in [0.5, 0.6) is 0 Å². The fourth-order valence-electron chi connectivity index (χ4n) is 1.00. The second-order valence-electron chi connectivity index (χ2n) is 3.44. The molecule has 0 aliphatic carbocycles. The van der Waals surface area contributed by atoms with Crippen molar-refractivity contribution in [2.45, 2.75) is 33.1 Å². The zero-order valence-corrected chi connectivity index (χ0v) is 8.47. The maximum absolute atomic E-state index is 10.4. The van der Waals surface area contributed by atoms with E-state index in [0.717, 1.165) is 31.5 Å². The van der Waals surface area contributed by atoms with E-state index < -0.39 is 5.97 Å². The summed E-state index contributed by atoms with van der Waals surface area (Å²) in [5.74, 6) is -0.919. The lowest BCUT2D eigenvalue weighted by Gasteiger charge is -2.06. The van der Waals surface area contributed by atoms with Gasteiger partial charge in [-0.15, -0.1) is 0 Å². The summed E-state index contributed by atoms with van der Waals surface area (Å²) < 4.78 is 0. The minimum Gasteiger partial charge on any atom is -0.481 e. The van der Waals surface area contributed by atoms with Gasteiger partial charge in [0.1, 0.15) is 0 Å². The highest BCUT2D eigenvalue weighted by Gasteiger charge is 2.09. The predicted molar refractivity (Wildman–Crippen MR) is 53.5 cm³/mol. The average Bonchev–Trinajstić information content (AvgIpc) is 2.02. The molecule has 3 heteroatoms. The molecule has 13 heavy (non-hydrogen) atoms.